The first-order chi connectivity index (χ1) is 16.5. The molecule has 2 aromatic heterocycles. The third-order valence-corrected chi connectivity index (χ3v) is 6.93. The number of nitrogen functional groups attached to an aromatic ring is 1. The SMILES string of the molecule is CC(=O)Nc1cc(Cl)cn(C2CCN(C)CC2)c1=O.CN1CCC(n2cc(Cl)cc(N)c2=O)CC1. The molecule has 2 aromatic rings. The second-order valence-corrected chi connectivity index (χ2v) is 10.2. The summed E-state index contributed by atoms with van der Waals surface area (Å²) in [7, 11) is 4.16. The Bertz CT molecular complexity index is 1150. The van der Waals surface area contributed by atoms with Gasteiger partial charge in [-0.05, 0) is 78.1 Å². The van der Waals surface area contributed by atoms with E-state index in [-0.39, 0.29) is 40.5 Å². The predicted octanol–water partition coefficient (Wildman–Crippen LogP) is 3.08. The van der Waals surface area contributed by atoms with Gasteiger partial charge < -0.3 is 30.0 Å². The number of nitrogens with zero attached hydrogens (tertiary/aromatic N) is 4. The number of hydrogen-bond acceptors (Lipinski definition) is 6. The van der Waals surface area contributed by atoms with Crippen molar-refractivity contribution >= 4 is 40.5 Å². The molecule has 0 saturated carbocycles. The van der Waals surface area contributed by atoms with Crippen LogP contribution in [0.25, 0.3) is 0 Å². The van der Waals surface area contributed by atoms with Gasteiger partial charge in [0.1, 0.15) is 5.69 Å². The molecule has 11 heteroatoms. The molecular weight excluding hydrogens is 491 g/mol. The van der Waals surface area contributed by atoms with E-state index in [1.807, 2.05) is 0 Å². The summed E-state index contributed by atoms with van der Waals surface area (Å²) < 4.78 is 3.34. The molecule has 4 rings (SSSR count). The maximum atomic E-state index is 12.3. The third kappa shape index (κ3) is 7.33. The van der Waals surface area contributed by atoms with E-state index in [2.05, 4.69) is 29.2 Å². The standard InChI is InChI=1S/C13H18ClN3O2.C11H16ClN3O/c1-9(18)15-12-7-10(14)8-17(13(12)19)11-3-5-16(2)6-4-11;1-14-4-2-9(3-5-14)15-7-8(12)6-10(13)11(15)16/h7-8,11H,3-6H2,1-2H3,(H,15,18);6-7,9H,2-5,13H2,1H3. The predicted molar refractivity (Wildman–Crippen MR) is 142 cm³/mol. The molecule has 35 heavy (non-hydrogen) atoms. The van der Waals surface area contributed by atoms with Gasteiger partial charge in [0.25, 0.3) is 11.1 Å². The number of carbonyl (C=O) groups is 1. The van der Waals surface area contributed by atoms with Crippen molar-refractivity contribution in [3.63, 3.8) is 0 Å². The minimum atomic E-state index is -0.269. The highest BCUT2D eigenvalue weighted by atomic mass is 35.5. The largest absolute Gasteiger partial charge is 0.394 e. The molecule has 2 saturated heterocycles. The lowest BCUT2D eigenvalue weighted by Crippen LogP contribution is -2.36. The Morgan fingerprint density at radius 2 is 1.29 bits per heavy atom. The third-order valence-electron chi connectivity index (χ3n) is 6.52. The number of nitrogens with two attached hydrogens (primary N) is 1. The average molecular weight is 525 g/mol. The molecule has 0 atom stereocenters. The summed E-state index contributed by atoms with van der Waals surface area (Å²) in [6.07, 6.45) is 7.11. The van der Waals surface area contributed by atoms with Gasteiger partial charge in [-0.3, -0.25) is 14.4 Å². The summed E-state index contributed by atoms with van der Waals surface area (Å²) in [6, 6.07) is 3.38. The number of hydrogen-bond donors (Lipinski definition) is 2. The Labute approximate surface area is 215 Å². The first kappa shape index (κ1) is 27.3. The van der Waals surface area contributed by atoms with Crippen LogP contribution in [0.15, 0.2) is 34.1 Å². The number of likely N-dealkylation sites (tertiary alicyclic amines) is 2. The van der Waals surface area contributed by atoms with Crippen LogP contribution < -0.4 is 22.2 Å². The van der Waals surface area contributed by atoms with E-state index in [1.54, 1.807) is 21.5 Å². The normalized spacial score (nSPS) is 18.1. The van der Waals surface area contributed by atoms with Crippen molar-refractivity contribution in [1.82, 2.24) is 18.9 Å². The van der Waals surface area contributed by atoms with Crippen LogP contribution in [0.1, 0.15) is 44.7 Å². The van der Waals surface area contributed by atoms with Gasteiger partial charge in [-0.1, -0.05) is 23.2 Å². The molecule has 2 fully saturated rings. The number of anilines is 2. The molecule has 192 valence electrons. The molecule has 1 amide bonds. The lowest BCUT2D eigenvalue weighted by molar-refractivity contribution is -0.114. The molecule has 0 radical (unpaired) electrons. The van der Waals surface area contributed by atoms with E-state index >= 15 is 0 Å². The van der Waals surface area contributed by atoms with Crippen LogP contribution in [-0.4, -0.2) is 65.1 Å². The maximum absolute atomic E-state index is 12.3. The van der Waals surface area contributed by atoms with E-state index in [0.29, 0.717) is 10.0 Å². The van der Waals surface area contributed by atoms with E-state index in [4.69, 9.17) is 28.9 Å². The molecule has 0 aromatic carbocycles. The summed E-state index contributed by atoms with van der Waals surface area (Å²) in [4.78, 5) is 39.8. The molecule has 4 heterocycles. The summed E-state index contributed by atoms with van der Waals surface area (Å²) in [5, 5.41) is 3.52. The highest BCUT2D eigenvalue weighted by Gasteiger charge is 2.21. The smallest absolute Gasteiger partial charge is 0.274 e. The molecular formula is C24H34Cl2N6O3. The molecule has 2 aliphatic heterocycles. The molecule has 2 aliphatic rings. The fourth-order valence-electron chi connectivity index (χ4n) is 4.52. The van der Waals surface area contributed by atoms with Crippen molar-refractivity contribution in [2.45, 2.75) is 44.7 Å². The average Bonchev–Trinajstić information content (AvgIpc) is 2.80. The molecule has 0 unspecified atom stereocenters. The fourth-order valence-corrected chi connectivity index (χ4v) is 4.96. The molecule has 0 bridgehead atoms. The summed E-state index contributed by atoms with van der Waals surface area (Å²) in [5.41, 5.74) is 5.79. The molecule has 0 spiro atoms. The van der Waals surface area contributed by atoms with Crippen LogP contribution in [0, 0.1) is 0 Å². The molecule has 3 N–H and O–H groups in total. The summed E-state index contributed by atoms with van der Waals surface area (Å²) in [5.74, 6) is -0.269. The van der Waals surface area contributed by atoms with Crippen molar-refractivity contribution < 1.29 is 4.79 Å². The van der Waals surface area contributed by atoms with Crippen LogP contribution in [0.4, 0.5) is 11.4 Å². The zero-order valence-corrected chi connectivity index (χ0v) is 22.0. The first-order valence-corrected chi connectivity index (χ1v) is 12.5. The van der Waals surface area contributed by atoms with E-state index in [9.17, 15) is 14.4 Å². The zero-order valence-electron chi connectivity index (χ0n) is 20.5. The number of rotatable bonds is 3. The van der Waals surface area contributed by atoms with E-state index in [0.717, 1.165) is 51.9 Å². The summed E-state index contributed by atoms with van der Waals surface area (Å²) >= 11 is 12.0. The Hall–Kier alpha value is -2.33. The highest BCUT2D eigenvalue weighted by molar-refractivity contribution is 6.31. The minimum Gasteiger partial charge on any atom is -0.394 e. The fraction of sp³-hybridized carbons (Fsp3) is 0.542. The Kier molecular flexibility index (Phi) is 9.40. The van der Waals surface area contributed by atoms with Crippen molar-refractivity contribution in [3.8, 4) is 0 Å². The van der Waals surface area contributed by atoms with Gasteiger partial charge >= 0.3 is 0 Å². The van der Waals surface area contributed by atoms with Gasteiger partial charge in [-0.2, -0.15) is 0 Å². The number of amides is 1. The minimum absolute atomic E-state index is 0.126. The second-order valence-electron chi connectivity index (χ2n) is 9.36. The van der Waals surface area contributed by atoms with Gasteiger partial charge in [-0.25, -0.2) is 0 Å². The van der Waals surface area contributed by atoms with Gasteiger partial charge in [0, 0.05) is 31.4 Å². The van der Waals surface area contributed by atoms with Crippen LogP contribution in [0.5, 0.6) is 0 Å². The van der Waals surface area contributed by atoms with Crippen molar-refractivity contribution in [3.05, 3.63) is 55.3 Å². The molecule has 9 nitrogen and oxygen atoms in total. The topological polar surface area (TPSA) is 106 Å². The number of halogens is 2. The van der Waals surface area contributed by atoms with Gasteiger partial charge in [0.2, 0.25) is 5.91 Å². The Morgan fingerprint density at radius 3 is 1.74 bits per heavy atom. The summed E-state index contributed by atoms with van der Waals surface area (Å²) in [6.45, 7) is 5.30. The first-order valence-electron chi connectivity index (χ1n) is 11.8. The quantitative estimate of drug-likeness (QED) is 0.638. The van der Waals surface area contributed by atoms with Gasteiger partial charge in [-0.15, -0.1) is 0 Å². The van der Waals surface area contributed by atoms with Crippen LogP contribution >= 0.6 is 23.2 Å². The monoisotopic (exact) mass is 524 g/mol. The van der Waals surface area contributed by atoms with Crippen LogP contribution in [-0.2, 0) is 4.79 Å². The van der Waals surface area contributed by atoms with E-state index in [1.165, 1.54) is 19.1 Å². The lowest BCUT2D eigenvalue weighted by Gasteiger charge is -2.30. The van der Waals surface area contributed by atoms with Crippen molar-refractivity contribution in [2.75, 3.05) is 51.3 Å². The van der Waals surface area contributed by atoms with Gasteiger partial charge in [0.05, 0.1) is 15.7 Å². The maximum Gasteiger partial charge on any atom is 0.274 e. The zero-order chi connectivity index (χ0) is 25.7. The number of nitrogens with one attached hydrogen (secondary N) is 1. The van der Waals surface area contributed by atoms with Crippen molar-refractivity contribution in [2.24, 2.45) is 0 Å². The molecule has 0 aliphatic carbocycles. The second kappa shape index (κ2) is 12.1. The van der Waals surface area contributed by atoms with Crippen LogP contribution in [0.2, 0.25) is 10.0 Å². The Morgan fingerprint density at radius 1 is 0.857 bits per heavy atom. The Balaban J connectivity index is 0.000000198. The lowest BCUT2D eigenvalue weighted by atomic mass is 10.1. The van der Waals surface area contributed by atoms with Crippen LogP contribution in [0.3, 0.4) is 0 Å². The number of piperidine rings is 2. The highest BCUT2D eigenvalue weighted by Crippen LogP contribution is 2.23. The van der Waals surface area contributed by atoms with E-state index < -0.39 is 0 Å². The number of carbonyl (C=O) groups excluding carboxylic acids is 1. The van der Waals surface area contributed by atoms with Crippen molar-refractivity contribution in [1.29, 1.82) is 0 Å². The van der Waals surface area contributed by atoms with Gasteiger partial charge in [0.15, 0.2) is 0 Å². The number of pyridine rings is 2. The number of aromatic nitrogens is 2.